The first-order chi connectivity index (χ1) is 19.0. The smallest absolute Gasteiger partial charge is 0.258 e. The number of ether oxygens (including phenoxy) is 3. The Bertz CT molecular complexity index is 1680. The number of fused-ring (bicyclic) bond motifs is 1. The fourth-order valence-electron chi connectivity index (χ4n) is 4.00. The number of hydrogen-bond acceptors (Lipinski definition) is 9. The molecule has 2 aromatic carbocycles. The van der Waals surface area contributed by atoms with Crippen LogP contribution in [0.2, 0.25) is 0 Å². The van der Waals surface area contributed by atoms with E-state index < -0.39 is 0 Å². The summed E-state index contributed by atoms with van der Waals surface area (Å²) >= 11 is 0. The molecule has 0 aliphatic heterocycles. The molecule has 5 aromatic rings. The van der Waals surface area contributed by atoms with Crippen LogP contribution in [0, 0.1) is 0 Å². The van der Waals surface area contributed by atoms with Gasteiger partial charge in [0.05, 0.1) is 38.3 Å². The second kappa shape index (κ2) is 10.9. The number of pyridine rings is 1. The minimum Gasteiger partial charge on any atom is -0.496 e. The summed E-state index contributed by atoms with van der Waals surface area (Å²) < 4.78 is 17.5. The average Bonchev–Trinajstić information content (AvgIpc) is 3.46. The fourth-order valence-corrected chi connectivity index (χ4v) is 4.00. The van der Waals surface area contributed by atoms with Crippen LogP contribution in [0.25, 0.3) is 16.9 Å². The molecule has 39 heavy (non-hydrogen) atoms. The second-order valence-corrected chi connectivity index (χ2v) is 8.28. The lowest BCUT2D eigenvalue weighted by Gasteiger charge is -2.12. The van der Waals surface area contributed by atoms with Crippen molar-refractivity contribution in [1.29, 1.82) is 0 Å². The first-order valence-electron chi connectivity index (χ1n) is 11.8. The first-order valence-corrected chi connectivity index (χ1v) is 11.8. The molecule has 0 atom stereocenters. The van der Waals surface area contributed by atoms with E-state index in [0.717, 1.165) is 5.56 Å². The molecule has 2 N–H and O–H groups in total. The lowest BCUT2D eigenvalue weighted by Crippen LogP contribution is -2.12. The lowest BCUT2D eigenvalue weighted by atomic mass is 10.1. The molecular formula is C28H24N6O5. The normalized spacial score (nSPS) is 10.6. The van der Waals surface area contributed by atoms with Crippen LogP contribution in [-0.2, 0) is 0 Å². The molecule has 11 heteroatoms. The highest BCUT2D eigenvalue weighted by molar-refractivity contribution is 6.05. The number of nitrogens with zero attached hydrogens (tertiary/aromatic N) is 4. The number of hydrogen-bond donors (Lipinski definition) is 2. The number of imidazole rings is 1. The standard InChI is InChI=1S/C28H24N6O5/c1-37-23-9-10-25(32-28(23)39-3)31-22-15-21(33-34-12-11-29-26(22)34)17-5-4-6-18(13-17)27(36)30-20-8-7-19(16-35)24(14-20)38-2/h4-16H,1-3H3,(H,30,36)(H,31,32). The third-order valence-electron chi connectivity index (χ3n) is 5.90. The summed E-state index contributed by atoms with van der Waals surface area (Å²) in [4.78, 5) is 33.1. The maximum Gasteiger partial charge on any atom is 0.258 e. The van der Waals surface area contributed by atoms with Gasteiger partial charge in [0.15, 0.2) is 17.7 Å². The lowest BCUT2D eigenvalue weighted by molar-refractivity contribution is 0.102. The van der Waals surface area contributed by atoms with Gasteiger partial charge >= 0.3 is 0 Å². The zero-order chi connectivity index (χ0) is 27.4. The molecule has 3 aromatic heterocycles. The van der Waals surface area contributed by atoms with Crippen molar-refractivity contribution in [2.45, 2.75) is 0 Å². The van der Waals surface area contributed by atoms with Gasteiger partial charge in [0.25, 0.3) is 11.8 Å². The number of aldehydes is 1. The number of rotatable bonds is 9. The number of benzene rings is 2. The van der Waals surface area contributed by atoms with Crippen molar-refractivity contribution < 1.29 is 23.8 Å². The first kappa shape index (κ1) is 25.2. The molecule has 0 saturated carbocycles. The summed E-state index contributed by atoms with van der Waals surface area (Å²) in [6.07, 6.45) is 4.08. The molecule has 0 aliphatic rings. The number of methoxy groups -OCH3 is 3. The highest BCUT2D eigenvalue weighted by Crippen LogP contribution is 2.30. The minimum atomic E-state index is -0.325. The Hall–Kier alpha value is -5.45. The Labute approximate surface area is 223 Å². The van der Waals surface area contributed by atoms with Gasteiger partial charge in [-0.1, -0.05) is 12.1 Å². The zero-order valence-electron chi connectivity index (χ0n) is 21.3. The van der Waals surface area contributed by atoms with Crippen LogP contribution in [0.4, 0.5) is 17.2 Å². The molecule has 0 saturated heterocycles. The van der Waals surface area contributed by atoms with E-state index in [1.807, 2.05) is 12.1 Å². The largest absolute Gasteiger partial charge is 0.496 e. The molecule has 196 valence electrons. The monoisotopic (exact) mass is 524 g/mol. The summed E-state index contributed by atoms with van der Waals surface area (Å²) in [6, 6.07) is 17.3. The van der Waals surface area contributed by atoms with Crippen molar-refractivity contribution in [3.63, 3.8) is 0 Å². The van der Waals surface area contributed by atoms with Crippen LogP contribution in [0.15, 0.2) is 73.1 Å². The van der Waals surface area contributed by atoms with Crippen LogP contribution < -0.4 is 24.8 Å². The number of nitrogens with one attached hydrogen (secondary N) is 2. The van der Waals surface area contributed by atoms with Gasteiger partial charge in [0, 0.05) is 35.3 Å². The molecule has 0 unspecified atom stereocenters. The highest BCUT2D eigenvalue weighted by Gasteiger charge is 2.14. The van der Waals surface area contributed by atoms with E-state index in [1.54, 1.807) is 72.5 Å². The van der Waals surface area contributed by atoms with E-state index >= 15 is 0 Å². The van der Waals surface area contributed by atoms with Crippen LogP contribution in [0.5, 0.6) is 17.4 Å². The van der Waals surface area contributed by atoms with Crippen molar-refractivity contribution in [1.82, 2.24) is 19.6 Å². The molecule has 0 fully saturated rings. The minimum absolute atomic E-state index is 0.325. The molecule has 11 nitrogen and oxygen atoms in total. The van der Waals surface area contributed by atoms with Gasteiger partial charge in [-0.05, 0) is 42.5 Å². The van der Waals surface area contributed by atoms with Crippen LogP contribution in [0.3, 0.4) is 0 Å². The Balaban J connectivity index is 1.45. The van der Waals surface area contributed by atoms with Gasteiger partial charge in [-0.2, -0.15) is 10.1 Å². The van der Waals surface area contributed by atoms with Crippen LogP contribution in [-0.4, -0.2) is 53.1 Å². The summed E-state index contributed by atoms with van der Waals surface area (Å²) in [6.45, 7) is 0. The van der Waals surface area contributed by atoms with Gasteiger partial charge in [-0.3, -0.25) is 9.59 Å². The zero-order valence-corrected chi connectivity index (χ0v) is 21.3. The van der Waals surface area contributed by atoms with Crippen LogP contribution >= 0.6 is 0 Å². The number of aromatic nitrogens is 4. The Morgan fingerprint density at radius 1 is 0.949 bits per heavy atom. The Kier molecular flexibility index (Phi) is 7.04. The van der Waals surface area contributed by atoms with E-state index in [4.69, 9.17) is 14.2 Å². The predicted molar refractivity (Wildman–Crippen MR) is 145 cm³/mol. The van der Waals surface area contributed by atoms with E-state index in [1.165, 1.54) is 14.2 Å². The van der Waals surface area contributed by atoms with E-state index in [2.05, 4.69) is 25.7 Å². The third-order valence-corrected chi connectivity index (χ3v) is 5.90. The predicted octanol–water partition coefficient (Wildman–Crippen LogP) is 4.63. The van der Waals surface area contributed by atoms with Gasteiger partial charge in [0.2, 0.25) is 0 Å². The Morgan fingerprint density at radius 3 is 2.56 bits per heavy atom. The second-order valence-electron chi connectivity index (χ2n) is 8.28. The molecule has 0 radical (unpaired) electrons. The fraction of sp³-hybridized carbons (Fsp3) is 0.107. The summed E-state index contributed by atoms with van der Waals surface area (Å²) in [5, 5.41) is 10.8. The number of carbonyl (C=O) groups excluding carboxylic acids is 2. The van der Waals surface area contributed by atoms with Gasteiger partial charge < -0.3 is 24.8 Å². The number of anilines is 3. The molecule has 5 rings (SSSR count). The van der Waals surface area contributed by atoms with E-state index in [-0.39, 0.29) is 5.91 Å². The maximum atomic E-state index is 13.0. The van der Waals surface area contributed by atoms with Crippen LogP contribution in [0.1, 0.15) is 20.7 Å². The highest BCUT2D eigenvalue weighted by atomic mass is 16.5. The summed E-state index contributed by atoms with van der Waals surface area (Å²) in [7, 11) is 4.53. The van der Waals surface area contributed by atoms with Crippen molar-refractivity contribution in [2.75, 3.05) is 32.0 Å². The number of amides is 1. The van der Waals surface area contributed by atoms with E-state index in [9.17, 15) is 9.59 Å². The third kappa shape index (κ3) is 5.18. The molecule has 0 bridgehead atoms. The van der Waals surface area contributed by atoms with Crippen molar-refractivity contribution >= 4 is 35.0 Å². The van der Waals surface area contributed by atoms with Crippen molar-refractivity contribution in [3.05, 3.63) is 84.2 Å². The summed E-state index contributed by atoms with van der Waals surface area (Å²) in [5.41, 5.74) is 3.89. The van der Waals surface area contributed by atoms with Gasteiger partial charge in [-0.15, -0.1) is 0 Å². The number of carbonyl (C=O) groups is 2. The van der Waals surface area contributed by atoms with Gasteiger partial charge in [0.1, 0.15) is 11.6 Å². The molecule has 1 amide bonds. The SMILES string of the molecule is COc1cc(NC(=O)c2cccc(-c3cc(Nc4ccc(OC)c(OC)n4)c4nccn4n3)c2)ccc1C=O. The maximum absolute atomic E-state index is 13.0. The topological polar surface area (TPSA) is 129 Å². The quantitative estimate of drug-likeness (QED) is 0.265. The Morgan fingerprint density at radius 2 is 1.79 bits per heavy atom. The van der Waals surface area contributed by atoms with Gasteiger partial charge in [-0.25, -0.2) is 9.50 Å². The molecule has 0 aliphatic carbocycles. The van der Waals surface area contributed by atoms with Crippen molar-refractivity contribution in [2.24, 2.45) is 0 Å². The van der Waals surface area contributed by atoms with E-state index in [0.29, 0.717) is 63.3 Å². The average molecular weight is 525 g/mol. The summed E-state index contributed by atoms with van der Waals surface area (Å²) in [5.74, 6) is 1.43. The molecular weight excluding hydrogens is 500 g/mol. The molecule has 0 spiro atoms. The van der Waals surface area contributed by atoms with Crippen molar-refractivity contribution in [3.8, 4) is 28.6 Å². The molecule has 3 heterocycles.